The van der Waals surface area contributed by atoms with E-state index in [-0.39, 0.29) is 11.8 Å². The van der Waals surface area contributed by atoms with Crippen LogP contribution < -0.4 is 32.7 Å². The molecule has 0 unspecified atom stereocenters. The molecule has 54 heavy (non-hydrogen) atoms. The Balaban J connectivity index is 3.06. The van der Waals surface area contributed by atoms with Gasteiger partial charge in [-0.1, -0.05) is 193 Å². The van der Waals surface area contributed by atoms with E-state index in [0.29, 0.717) is 12.8 Å². The Hall–Kier alpha value is -1.22. The zero-order chi connectivity index (χ0) is 39.1. The summed E-state index contributed by atoms with van der Waals surface area (Å²) in [6.07, 6.45) is 46.8. The molecular weight excluding hydrogens is 669 g/mol. The van der Waals surface area contributed by atoms with Gasteiger partial charge in [-0.25, -0.2) is 0 Å². The Bertz CT molecular complexity index is 680. The Kier molecular flexibility index (Phi) is 46.8. The molecule has 8 N–H and O–H groups in total. The van der Waals surface area contributed by atoms with Gasteiger partial charge in [-0.05, 0) is 38.8 Å². The predicted molar refractivity (Wildman–Crippen MR) is 236 cm³/mol. The number of nitrogens with one attached hydrogen (secondary N) is 4. The SMILES string of the molecule is NC(=O)CCCCCCCCCCCCCCCCCCCNCCNCCNCCNCCCCCCCCCCCCCCCCCCCC(N)=O. The molecular formula is C46H96N6O2. The lowest BCUT2D eigenvalue weighted by atomic mass is 10.0. The Morgan fingerprint density at radius 2 is 0.370 bits per heavy atom. The average Bonchev–Trinajstić information content (AvgIpc) is 3.15. The van der Waals surface area contributed by atoms with Crippen LogP contribution >= 0.6 is 0 Å². The molecule has 0 spiro atoms. The second kappa shape index (κ2) is 47.9. The summed E-state index contributed by atoms with van der Waals surface area (Å²) in [5.74, 6) is -0.311. The summed E-state index contributed by atoms with van der Waals surface area (Å²) in [5, 5.41) is 14.3. The smallest absolute Gasteiger partial charge is 0.217 e. The van der Waals surface area contributed by atoms with Crippen molar-refractivity contribution in [2.45, 2.75) is 231 Å². The largest absolute Gasteiger partial charge is 0.370 e. The van der Waals surface area contributed by atoms with E-state index in [4.69, 9.17) is 11.5 Å². The third-order valence-electron chi connectivity index (χ3n) is 11.0. The normalized spacial score (nSPS) is 11.5. The van der Waals surface area contributed by atoms with Gasteiger partial charge in [0.05, 0.1) is 0 Å². The molecule has 0 fully saturated rings. The van der Waals surface area contributed by atoms with Gasteiger partial charge < -0.3 is 32.7 Å². The zero-order valence-corrected chi connectivity index (χ0v) is 36.1. The summed E-state index contributed by atoms with van der Waals surface area (Å²) >= 11 is 0. The number of carbonyl (C=O) groups excluding carboxylic acids is 2. The first kappa shape index (κ1) is 52.8. The van der Waals surface area contributed by atoms with Crippen LogP contribution in [-0.4, -0.2) is 64.2 Å². The van der Waals surface area contributed by atoms with Crippen molar-refractivity contribution in [3.8, 4) is 0 Å². The minimum absolute atomic E-state index is 0.155. The molecule has 322 valence electrons. The molecule has 0 aromatic heterocycles. The minimum Gasteiger partial charge on any atom is -0.370 e. The minimum atomic E-state index is -0.155. The molecule has 0 aromatic carbocycles. The van der Waals surface area contributed by atoms with E-state index >= 15 is 0 Å². The van der Waals surface area contributed by atoms with E-state index in [1.165, 1.54) is 193 Å². The maximum atomic E-state index is 10.7. The summed E-state index contributed by atoms with van der Waals surface area (Å²) in [6.45, 7) is 8.68. The van der Waals surface area contributed by atoms with Crippen molar-refractivity contribution in [1.29, 1.82) is 0 Å². The van der Waals surface area contributed by atoms with Gasteiger partial charge in [0.15, 0.2) is 0 Å². The second-order valence-corrected chi connectivity index (χ2v) is 16.5. The predicted octanol–water partition coefficient (Wildman–Crippen LogP) is 10.4. The molecule has 0 heterocycles. The van der Waals surface area contributed by atoms with Gasteiger partial charge in [0.25, 0.3) is 0 Å². The van der Waals surface area contributed by atoms with E-state index in [9.17, 15) is 9.59 Å². The molecule has 0 bridgehead atoms. The molecule has 0 radical (unpaired) electrons. The van der Waals surface area contributed by atoms with Crippen LogP contribution in [0.5, 0.6) is 0 Å². The van der Waals surface area contributed by atoms with Crippen molar-refractivity contribution in [3.63, 3.8) is 0 Å². The number of hydrogen-bond donors (Lipinski definition) is 6. The van der Waals surface area contributed by atoms with Crippen molar-refractivity contribution in [2.75, 3.05) is 52.4 Å². The van der Waals surface area contributed by atoms with Gasteiger partial charge in [0.1, 0.15) is 0 Å². The van der Waals surface area contributed by atoms with Crippen molar-refractivity contribution in [3.05, 3.63) is 0 Å². The summed E-state index contributed by atoms with van der Waals surface area (Å²) in [7, 11) is 0. The molecule has 2 amide bonds. The summed E-state index contributed by atoms with van der Waals surface area (Å²) in [5.41, 5.74) is 10.4. The highest BCUT2D eigenvalue weighted by Gasteiger charge is 1.99. The maximum Gasteiger partial charge on any atom is 0.217 e. The highest BCUT2D eigenvalue weighted by atomic mass is 16.1. The van der Waals surface area contributed by atoms with Crippen LogP contribution in [0, 0.1) is 0 Å². The highest BCUT2D eigenvalue weighted by molar-refractivity contribution is 5.73. The van der Waals surface area contributed by atoms with Crippen LogP contribution in [0.4, 0.5) is 0 Å². The number of hydrogen-bond acceptors (Lipinski definition) is 6. The van der Waals surface area contributed by atoms with Crippen molar-refractivity contribution >= 4 is 11.8 Å². The standard InChI is InChI=1S/C46H96N6O2/c47-45(53)35-31-27-23-19-15-11-7-3-1-5-9-13-17-21-25-29-33-37-49-39-41-51-43-44-52-42-40-50-38-34-30-26-22-18-14-10-6-2-4-8-12-16-20-24-28-32-36-46(48)54/h49-52H,1-44H2,(H2,47,53)(H2,48,54). The Labute approximate surface area is 336 Å². The molecule has 8 heteroatoms. The lowest BCUT2D eigenvalue weighted by Gasteiger charge is -2.09. The summed E-state index contributed by atoms with van der Waals surface area (Å²) in [4.78, 5) is 21.5. The highest BCUT2D eigenvalue weighted by Crippen LogP contribution is 2.16. The monoisotopic (exact) mass is 765 g/mol. The number of rotatable bonds is 49. The molecule has 0 atom stereocenters. The van der Waals surface area contributed by atoms with E-state index < -0.39 is 0 Å². The van der Waals surface area contributed by atoms with Crippen LogP contribution in [0.2, 0.25) is 0 Å². The molecule has 0 aromatic rings. The molecule has 0 rings (SSSR count). The summed E-state index contributed by atoms with van der Waals surface area (Å²) < 4.78 is 0. The van der Waals surface area contributed by atoms with Crippen LogP contribution in [0.25, 0.3) is 0 Å². The molecule has 0 aliphatic heterocycles. The molecule has 8 nitrogen and oxygen atoms in total. The maximum absolute atomic E-state index is 10.7. The van der Waals surface area contributed by atoms with E-state index in [0.717, 1.165) is 78.0 Å². The van der Waals surface area contributed by atoms with Crippen molar-refractivity contribution in [1.82, 2.24) is 21.3 Å². The molecule has 0 saturated carbocycles. The first-order chi connectivity index (χ1) is 26.6. The van der Waals surface area contributed by atoms with Gasteiger partial charge in [0.2, 0.25) is 11.8 Å². The number of amides is 2. The molecule has 0 aliphatic carbocycles. The van der Waals surface area contributed by atoms with Gasteiger partial charge in [-0.2, -0.15) is 0 Å². The quantitative estimate of drug-likeness (QED) is 0.0342. The lowest BCUT2D eigenvalue weighted by molar-refractivity contribution is -0.119. The topological polar surface area (TPSA) is 134 Å². The number of nitrogens with two attached hydrogens (primary N) is 2. The van der Waals surface area contributed by atoms with Gasteiger partial charge in [-0.15, -0.1) is 0 Å². The van der Waals surface area contributed by atoms with Crippen LogP contribution in [-0.2, 0) is 9.59 Å². The number of primary amides is 2. The van der Waals surface area contributed by atoms with Crippen LogP contribution in [0.15, 0.2) is 0 Å². The lowest BCUT2D eigenvalue weighted by Crippen LogP contribution is -2.35. The van der Waals surface area contributed by atoms with E-state index in [2.05, 4.69) is 21.3 Å². The van der Waals surface area contributed by atoms with Gasteiger partial charge >= 0.3 is 0 Å². The van der Waals surface area contributed by atoms with E-state index in [1.54, 1.807) is 0 Å². The Morgan fingerprint density at radius 1 is 0.222 bits per heavy atom. The first-order valence-corrected chi connectivity index (χ1v) is 24.0. The van der Waals surface area contributed by atoms with E-state index in [1.807, 2.05) is 0 Å². The number of unbranched alkanes of at least 4 members (excludes halogenated alkanes) is 32. The van der Waals surface area contributed by atoms with Gasteiger partial charge in [0, 0.05) is 52.1 Å². The zero-order valence-electron chi connectivity index (χ0n) is 36.1. The van der Waals surface area contributed by atoms with Crippen molar-refractivity contribution in [2.24, 2.45) is 11.5 Å². The first-order valence-electron chi connectivity index (χ1n) is 24.0. The third kappa shape index (κ3) is 50.8. The van der Waals surface area contributed by atoms with Gasteiger partial charge in [-0.3, -0.25) is 9.59 Å². The van der Waals surface area contributed by atoms with Crippen molar-refractivity contribution < 1.29 is 9.59 Å². The van der Waals surface area contributed by atoms with Crippen LogP contribution in [0.1, 0.15) is 231 Å². The number of carbonyl (C=O) groups is 2. The Morgan fingerprint density at radius 3 is 0.556 bits per heavy atom. The fourth-order valence-corrected chi connectivity index (χ4v) is 7.43. The van der Waals surface area contributed by atoms with Crippen LogP contribution in [0.3, 0.4) is 0 Å². The molecule has 0 aliphatic rings. The summed E-state index contributed by atoms with van der Waals surface area (Å²) in [6, 6.07) is 0. The fourth-order valence-electron chi connectivity index (χ4n) is 7.43. The third-order valence-corrected chi connectivity index (χ3v) is 11.0. The average molecular weight is 765 g/mol. The molecule has 0 saturated heterocycles. The second-order valence-electron chi connectivity index (χ2n) is 16.5. The fraction of sp³-hybridized carbons (Fsp3) is 0.957.